The van der Waals surface area contributed by atoms with Crippen LogP contribution in [-0.4, -0.2) is 24.5 Å². The Labute approximate surface area is 67.7 Å². The van der Waals surface area contributed by atoms with E-state index in [0.29, 0.717) is 6.54 Å². The molecule has 0 fully saturated rings. The van der Waals surface area contributed by atoms with Gasteiger partial charge in [0, 0.05) is 13.6 Å². The molecule has 2 amide bonds. The van der Waals surface area contributed by atoms with Crippen LogP contribution >= 0.6 is 0 Å². The molecule has 0 spiro atoms. The van der Waals surface area contributed by atoms with E-state index in [1.165, 1.54) is 0 Å². The van der Waals surface area contributed by atoms with Crippen molar-refractivity contribution in [3.05, 3.63) is 0 Å². The van der Waals surface area contributed by atoms with Gasteiger partial charge in [0.15, 0.2) is 0 Å². The molecule has 11 heavy (non-hydrogen) atoms. The van der Waals surface area contributed by atoms with Crippen LogP contribution in [0.3, 0.4) is 0 Å². The lowest BCUT2D eigenvalue weighted by atomic mass is 9.96. The maximum Gasteiger partial charge on any atom is 0.331 e. The predicted octanol–water partition coefficient (Wildman–Crippen LogP) is 0.548. The van der Waals surface area contributed by atoms with Crippen LogP contribution in [0.1, 0.15) is 20.8 Å². The number of nitrogens with one attached hydrogen (secondary N) is 1. The zero-order chi connectivity index (χ0) is 9.07. The average Bonchev–Trinajstić information content (AvgIpc) is 1.82. The van der Waals surface area contributed by atoms with E-state index in [9.17, 15) is 4.79 Å². The summed E-state index contributed by atoms with van der Waals surface area (Å²) in [6.07, 6.45) is 0. The number of hydrogen-bond donors (Lipinski definition) is 2. The molecule has 0 aliphatic rings. The molecule has 0 aromatic rings. The molecule has 4 heteroatoms. The Morgan fingerprint density at radius 1 is 1.55 bits per heavy atom. The third-order valence-electron chi connectivity index (χ3n) is 1.18. The normalized spacial score (nSPS) is 11.0. The highest BCUT2D eigenvalue weighted by Gasteiger charge is 2.16. The summed E-state index contributed by atoms with van der Waals surface area (Å²) in [7, 11) is 1.72. The van der Waals surface area contributed by atoms with E-state index in [1.54, 1.807) is 11.9 Å². The van der Waals surface area contributed by atoms with E-state index in [-0.39, 0.29) is 11.4 Å². The Morgan fingerprint density at radius 3 is 2.27 bits per heavy atom. The topological polar surface area (TPSA) is 58.4 Å². The van der Waals surface area contributed by atoms with E-state index in [2.05, 4.69) is 26.2 Å². The van der Waals surface area contributed by atoms with Crippen molar-refractivity contribution < 1.29 is 4.79 Å². The highest BCUT2D eigenvalue weighted by Crippen LogP contribution is 2.13. The maximum atomic E-state index is 10.9. The molecule has 0 rings (SSSR count). The first-order valence-electron chi connectivity index (χ1n) is 3.58. The molecule has 0 aromatic carbocycles. The fourth-order valence-corrected chi connectivity index (χ4v) is 0.894. The zero-order valence-corrected chi connectivity index (χ0v) is 7.64. The second-order valence-electron chi connectivity index (χ2n) is 3.87. The van der Waals surface area contributed by atoms with Gasteiger partial charge in [0.05, 0.1) is 0 Å². The summed E-state index contributed by atoms with van der Waals surface area (Å²) >= 11 is 0. The van der Waals surface area contributed by atoms with Crippen molar-refractivity contribution in [2.75, 3.05) is 13.6 Å². The quantitative estimate of drug-likeness (QED) is 0.333. The third-order valence-corrected chi connectivity index (χ3v) is 1.18. The van der Waals surface area contributed by atoms with Crippen LogP contribution < -0.4 is 11.3 Å². The van der Waals surface area contributed by atoms with Gasteiger partial charge in [-0.05, 0) is 5.41 Å². The number of carbonyl (C=O) groups is 1. The summed E-state index contributed by atoms with van der Waals surface area (Å²) < 4.78 is 0. The molecule has 3 N–H and O–H groups in total. The number of hydrazine groups is 1. The lowest BCUT2D eigenvalue weighted by Crippen LogP contribution is -2.44. The molecule has 66 valence electrons. The molecular weight excluding hydrogens is 142 g/mol. The van der Waals surface area contributed by atoms with E-state index < -0.39 is 0 Å². The monoisotopic (exact) mass is 159 g/mol. The molecule has 0 aromatic heterocycles. The SMILES string of the molecule is CN(CC(C)(C)C)C(=O)NN. The lowest BCUT2D eigenvalue weighted by molar-refractivity contribution is 0.188. The van der Waals surface area contributed by atoms with Gasteiger partial charge in [0.1, 0.15) is 0 Å². The molecule has 0 heterocycles. The number of amides is 2. The molecule has 0 aliphatic heterocycles. The minimum atomic E-state index is -0.250. The van der Waals surface area contributed by atoms with E-state index in [0.717, 1.165) is 0 Å². The van der Waals surface area contributed by atoms with Crippen molar-refractivity contribution in [1.82, 2.24) is 10.3 Å². The molecule has 0 aliphatic carbocycles. The van der Waals surface area contributed by atoms with Crippen LogP contribution in [0.25, 0.3) is 0 Å². The standard InChI is InChI=1S/C7H17N3O/c1-7(2,3)5-10(4)6(11)9-8/h5,8H2,1-4H3,(H,9,11). The Hall–Kier alpha value is -0.770. The lowest BCUT2D eigenvalue weighted by Gasteiger charge is -2.25. The van der Waals surface area contributed by atoms with Crippen molar-refractivity contribution in [2.45, 2.75) is 20.8 Å². The molecule has 0 saturated carbocycles. The summed E-state index contributed by atoms with van der Waals surface area (Å²) in [4.78, 5) is 12.4. The summed E-state index contributed by atoms with van der Waals surface area (Å²) in [6.45, 7) is 6.88. The number of nitrogens with two attached hydrogens (primary N) is 1. The van der Waals surface area contributed by atoms with Crippen LogP contribution in [0, 0.1) is 5.41 Å². The second-order valence-corrected chi connectivity index (χ2v) is 3.87. The average molecular weight is 159 g/mol. The summed E-state index contributed by atoms with van der Waals surface area (Å²) in [6, 6.07) is -0.250. The molecule has 0 atom stereocenters. The Morgan fingerprint density at radius 2 is 2.00 bits per heavy atom. The Bertz CT molecular complexity index is 139. The molecular formula is C7H17N3O. The Kier molecular flexibility index (Phi) is 3.32. The number of hydrogen-bond acceptors (Lipinski definition) is 2. The van der Waals surface area contributed by atoms with E-state index in [4.69, 9.17) is 5.84 Å². The summed E-state index contributed by atoms with van der Waals surface area (Å²) in [5, 5.41) is 0. The van der Waals surface area contributed by atoms with Gasteiger partial charge in [0.25, 0.3) is 0 Å². The molecule has 0 saturated heterocycles. The van der Waals surface area contributed by atoms with E-state index in [1.807, 2.05) is 0 Å². The van der Waals surface area contributed by atoms with Gasteiger partial charge in [-0.15, -0.1) is 0 Å². The number of urea groups is 1. The number of carbonyl (C=O) groups excluding carboxylic acids is 1. The fourth-order valence-electron chi connectivity index (χ4n) is 0.894. The third kappa shape index (κ3) is 4.61. The van der Waals surface area contributed by atoms with Gasteiger partial charge in [-0.1, -0.05) is 20.8 Å². The van der Waals surface area contributed by atoms with Gasteiger partial charge < -0.3 is 4.90 Å². The number of nitrogens with zero attached hydrogens (tertiary/aromatic N) is 1. The van der Waals surface area contributed by atoms with Gasteiger partial charge in [-0.3, -0.25) is 5.43 Å². The highest BCUT2D eigenvalue weighted by molar-refractivity contribution is 5.73. The van der Waals surface area contributed by atoms with Gasteiger partial charge in [-0.2, -0.15) is 0 Å². The van der Waals surface area contributed by atoms with Crippen LogP contribution in [-0.2, 0) is 0 Å². The van der Waals surface area contributed by atoms with Gasteiger partial charge >= 0.3 is 6.03 Å². The molecule has 0 bridgehead atoms. The van der Waals surface area contributed by atoms with Crippen LogP contribution in [0.4, 0.5) is 4.79 Å². The van der Waals surface area contributed by atoms with Crippen LogP contribution in [0.15, 0.2) is 0 Å². The molecule has 4 nitrogen and oxygen atoms in total. The smallest absolute Gasteiger partial charge is 0.326 e. The van der Waals surface area contributed by atoms with Crippen molar-refractivity contribution >= 4 is 6.03 Å². The predicted molar refractivity (Wildman–Crippen MR) is 44.8 cm³/mol. The Balaban J connectivity index is 3.87. The van der Waals surface area contributed by atoms with Crippen molar-refractivity contribution in [3.63, 3.8) is 0 Å². The maximum absolute atomic E-state index is 10.9. The molecule has 0 unspecified atom stereocenters. The van der Waals surface area contributed by atoms with Gasteiger partial charge in [-0.25, -0.2) is 10.6 Å². The van der Waals surface area contributed by atoms with Crippen molar-refractivity contribution in [1.29, 1.82) is 0 Å². The minimum absolute atomic E-state index is 0.112. The zero-order valence-electron chi connectivity index (χ0n) is 7.64. The van der Waals surface area contributed by atoms with Crippen LogP contribution in [0.2, 0.25) is 0 Å². The van der Waals surface area contributed by atoms with Crippen LogP contribution in [0.5, 0.6) is 0 Å². The molecule has 0 radical (unpaired) electrons. The van der Waals surface area contributed by atoms with E-state index >= 15 is 0 Å². The first-order valence-corrected chi connectivity index (χ1v) is 3.58. The fraction of sp³-hybridized carbons (Fsp3) is 0.857. The first kappa shape index (κ1) is 10.2. The van der Waals surface area contributed by atoms with Crippen molar-refractivity contribution in [2.24, 2.45) is 11.3 Å². The summed E-state index contributed by atoms with van der Waals surface area (Å²) in [5.41, 5.74) is 2.19. The second kappa shape index (κ2) is 3.57. The summed E-state index contributed by atoms with van der Waals surface area (Å²) in [5.74, 6) is 4.95. The first-order chi connectivity index (χ1) is 4.87. The minimum Gasteiger partial charge on any atom is -0.326 e. The largest absolute Gasteiger partial charge is 0.331 e. The highest BCUT2D eigenvalue weighted by atomic mass is 16.2. The van der Waals surface area contributed by atoms with Gasteiger partial charge in [0.2, 0.25) is 0 Å². The van der Waals surface area contributed by atoms with Crippen molar-refractivity contribution in [3.8, 4) is 0 Å². The number of rotatable bonds is 1.